The Morgan fingerprint density at radius 3 is 2.50 bits per heavy atom. The molecule has 4 nitrogen and oxygen atoms in total. The van der Waals surface area contributed by atoms with Gasteiger partial charge in [-0.25, -0.2) is 5.43 Å². The first kappa shape index (κ1) is 14.4. The second-order valence-corrected chi connectivity index (χ2v) is 4.85. The molecule has 0 saturated carbocycles. The summed E-state index contributed by atoms with van der Waals surface area (Å²) in [5.74, 6) is 0. The molecule has 2 rings (SSSR count). The summed E-state index contributed by atoms with van der Waals surface area (Å²) in [6.07, 6.45) is 1.79. The van der Waals surface area contributed by atoms with Crippen LogP contribution in [0.5, 0.6) is 0 Å². The molecule has 5 heteroatoms. The van der Waals surface area contributed by atoms with Crippen LogP contribution in [0.4, 0.5) is 5.69 Å². The van der Waals surface area contributed by atoms with Crippen LogP contribution in [0.25, 0.3) is 0 Å². The fraction of sp³-hybridized carbons (Fsp3) is 0.200. The minimum atomic E-state index is 0.0803. The zero-order chi connectivity index (χ0) is 14.4. The van der Waals surface area contributed by atoms with Crippen molar-refractivity contribution in [2.45, 2.75) is 13.0 Å². The molecule has 0 spiro atoms. The smallest absolute Gasteiger partial charge is 0.187 e. The molecule has 0 aliphatic rings. The number of nitrogens with zero attached hydrogens (tertiary/aromatic N) is 2. The van der Waals surface area contributed by atoms with Crippen molar-refractivity contribution in [1.29, 1.82) is 0 Å². The van der Waals surface area contributed by atoms with E-state index in [1.54, 1.807) is 11.2 Å². The zero-order valence-corrected chi connectivity index (χ0v) is 12.4. The van der Waals surface area contributed by atoms with Crippen molar-refractivity contribution in [3.8, 4) is 0 Å². The average molecular weight is 286 g/mol. The molecule has 0 amide bonds. The van der Waals surface area contributed by atoms with Crippen LogP contribution in [0.1, 0.15) is 18.7 Å². The van der Waals surface area contributed by atoms with Crippen molar-refractivity contribution in [3.63, 3.8) is 0 Å². The Morgan fingerprint density at radius 1 is 1.15 bits per heavy atom. The molecule has 1 aromatic carbocycles. The Balaban J connectivity index is 1.91. The highest BCUT2D eigenvalue weighted by Crippen LogP contribution is 2.10. The number of hydrogen-bond acceptors (Lipinski definition) is 3. The number of benzene rings is 1. The summed E-state index contributed by atoms with van der Waals surface area (Å²) < 4.78 is 0. The van der Waals surface area contributed by atoms with Gasteiger partial charge in [0.05, 0.1) is 11.7 Å². The standard InChI is InChI=1S/C15H18N4S/c1-12(14-10-6-7-11-16-14)18-19(2)15(20)17-13-8-4-3-5-9-13/h3-12,18H,1-2H3,(H,17,20). The van der Waals surface area contributed by atoms with Crippen molar-refractivity contribution in [2.75, 3.05) is 12.4 Å². The van der Waals surface area contributed by atoms with Crippen molar-refractivity contribution in [2.24, 2.45) is 0 Å². The van der Waals surface area contributed by atoms with Crippen LogP contribution in [-0.2, 0) is 0 Å². The van der Waals surface area contributed by atoms with Gasteiger partial charge in [0.2, 0.25) is 0 Å². The number of thiocarbonyl (C=S) groups is 1. The first-order valence-electron chi connectivity index (χ1n) is 6.43. The van der Waals surface area contributed by atoms with Gasteiger partial charge in [-0.1, -0.05) is 24.3 Å². The molecule has 2 N–H and O–H groups in total. The van der Waals surface area contributed by atoms with E-state index in [1.807, 2.05) is 62.5 Å². The topological polar surface area (TPSA) is 40.2 Å². The Hall–Kier alpha value is -1.98. The molecule has 2 aromatic rings. The maximum atomic E-state index is 5.36. The average Bonchev–Trinajstić information content (AvgIpc) is 2.49. The van der Waals surface area contributed by atoms with Crippen LogP contribution in [0.2, 0.25) is 0 Å². The van der Waals surface area contributed by atoms with Gasteiger partial charge in [0.15, 0.2) is 5.11 Å². The number of anilines is 1. The Morgan fingerprint density at radius 2 is 1.85 bits per heavy atom. The van der Waals surface area contributed by atoms with E-state index in [9.17, 15) is 0 Å². The van der Waals surface area contributed by atoms with Gasteiger partial charge >= 0.3 is 0 Å². The predicted octanol–water partition coefficient (Wildman–Crippen LogP) is 2.98. The zero-order valence-electron chi connectivity index (χ0n) is 11.6. The number of aromatic nitrogens is 1. The highest BCUT2D eigenvalue weighted by molar-refractivity contribution is 7.80. The highest BCUT2D eigenvalue weighted by Gasteiger charge is 2.10. The Labute approximate surface area is 124 Å². The monoisotopic (exact) mass is 286 g/mol. The van der Waals surface area contributed by atoms with Crippen molar-refractivity contribution in [3.05, 3.63) is 60.4 Å². The SMILES string of the molecule is CC(NN(C)C(=S)Nc1ccccc1)c1ccccn1. The molecule has 0 saturated heterocycles. The van der Waals surface area contributed by atoms with Crippen molar-refractivity contribution < 1.29 is 0 Å². The Bertz CT molecular complexity index is 544. The van der Waals surface area contributed by atoms with Crippen LogP contribution in [0.3, 0.4) is 0 Å². The van der Waals surface area contributed by atoms with Gasteiger partial charge in [-0.2, -0.15) is 0 Å². The minimum absolute atomic E-state index is 0.0803. The molecule has 0 aliphatic carbocycles. The lowest BCUT2D eigenvalue weighted by Gasteiger charge is -2.25. The molecule has 0 radical (unpaired) electrons. The number of pyridine rings is 1. The second kappa shape index (κ2) is 6.98. The summed E-state index contributed by atoms with van der Waals surface area (Å²) in [6, 6.07) is 15.8. The molecule has 0 fully saturated rings. The molecular weight excluding hydrogens is 268 g/mol. The maximum absolute atomic E-state index is 5.36. The van der Waals surface area contributed by atoms with E-state index in [0.29, 0.717) is 5.11 Å². The molecule has 1 atom stereocenters. The number of para-hydroxylation sites is 1. The highest BCUT2D eigenvalue weighted by atomic mass is 32.1. The van der Waals surface area contributed by atoms with Crippen LogP contribution in [-0.4, -0.2) is 22.2 Å². The first-order chi connectivity index (χ1) is 9.66. The molecule has 1 heterocycles. The lowest BCUT2D eigenvalue weighted by Crippen LogP contribution is -2.43. The number of nitrogens with one attached hydrogen (secondary N) is 2. The number of hydrazine groups is 1. The van der Waals surface area contributed by atoms with E-state index in [4.69, 9.17) is 12.2 Å². The molecular formula is C15H18N4S. The van der Waals surface area contributed by atoms with Gasteiger partial charge < -0.3 is 5.32 Å². The van der Waals surface area contributed by atoms with Crippen LogP contribution in [0.15, 0.2) is 54.7 Å². The third-order valence-corrected chi connectivity index (χ3v) is 3.22. The fourth-order valence-corrected chi connectivity index (χ4v) is 1.95. The summed E-state index contributed by atoms with van der Waals surface area (Å²) in [5, 5.41) is 5.58. The molecule has 20 heavy (non-hydrogen) atoms. The van der Waals surface area contributed by atoms with E-state index >= 15 is 0 Å². The lowest BCUT2D eigenvalue weighted by atomic mass is 10.2. The van der Waals surface area contributed by atoms with E-state index < -0.39 is 0 Å². The van der Waals surface area contributed by atoms with Gasteiger partial charge in [-0.05, 0) is 43.4 Å². The normalized spacial score (nSPS) is 11.7. The van der Waals surface area contributed by atoms with Gasteiger partial charge in [0, 0.05) is 18.9 Å². The van der Waals surface area contributed by atoms with E-state index in [1.165, 1.54) is 0 Å². The minimum Gasteiger partial charge on any atom is -0.332 e. The molecule has 0 aliphatic heterocycles. The third-order valence-electron chi connectivity index (χ3n) is 2.85. The van der Waals surface area contributed by atoms with E-state index in [-0.39, 0.29) is 6.04 Å². The van der Waals surface area contributed by atoms with Crippen LogP contribution >= 0.6 is 12.2 Å². The molecule has 1 unspecified atom stereocenters. The van der Waals surface area contributed by atoms with Crippen molar-refractivity contribution in [1.82, 2.24) is 15.4 Å². The van der Waals surface area contributed by atoms with Gasteiger partial charge in [0.25, 0.3) is 0 Å². The predicted molar refractivity (Wildman–Crippen MR) is 86.2 cm³/mol. The summed E-state index contributed by atoms with van der Waals surface area (Å²) >= 11 is 5.36. The van der Waals surface area contributed by atoms with Crippen LogP contribution < -0.4 is 10.7 Å². The quantitative estimate of drug-likeness (QED) is 0.668. The van der Waals surface area contributed by atoms with E-state index in [0.717, 1.165) is 11.4 Å². The van der Waals surface area contributed by atoms with E-state index in [2.05, 4.69) is 15.7 Å². The summed E-state index contributed by atoms with van der Waals surface area (Å²) in [4.78, 5) is 4.32. The summed E-state index contributed by atoms with van der Waals surface area (Å²) in [7, 11) is 1.89. The largest absolute Gasteiger partial charge is 0.332 e. The molecule has 1 aromatic heterocycles. The summed E-state index contributed by atoms with van der Waals surface area (Å²) in [6.45, 7) is 2.05. The van der Waals surface area contributed by atoms with Gasteiger partial charge in [-0.15, -0.1) is 0 Å². The Kier molecular flexibility index (Phi) is 5.03. The number of rotatable bonds is 4. The fourth-order valence-electron chi connectivity index (χ4n) is 1.78. The summed E-state index contributed by atoms with van der Waals surface area (Å²) in [5.41, 5.74) is 5.23. The third kappa shape index (κ3) is 4.01. The second-order valence-electron chi connectivity index (χ2n) is 4.46. The van der Waals surface area contributed by atoms with Crippen molar-refractivity contribution >= 4 is 23.0 Å². The maximum Gasteiger partial charge on any atom is 0.187 e. The van der Waals surface area contributed by atoms with Gasteiger partial charge in [-0.3, -0.25) is 9.99 Å². The number of hydrogen-bond donors (Lipinski definition) is 2. The molecule has 104 valence electrons. The first-order valence-corrected chi connectivity index (χ1v) is 6.84. The molecule has 0 bridgehead atoms. The van der Waals surface area contributed by atoms with Crippen LogP contribution in [0, 0.1) is 0 Å². The van der Waals surface area contributed by atoms with Gasteiger partial charge in [0.1, 0.15) is 0 Å². The lowest BCUT2D eigenvalue weighted by molar-refractivity contribution is 0.319.